The number of hydrogen-bond donors (Lipinski definition) is 1. The van der Waals surface area contributed by atoms with E-state index >= 15 is 0 Å². The molecular weight excluding hydrogens is 282 g/mol. The summed E-state index contributed by atoms with van der Waals surface area (Å²) in [6.45, 7) is 4.39. The third kappa shape index (κ3) is 4.22. The molecule has 0 fully saturated rings. The first kappa shape index (κ1) is 15.9. The van der Waals surface area contributed by atoms with E-state index in [0.717, 1.165) is 17.9 Å². The van der Waals surface area contributed by atoms with Crippen molar-refractivity contribution in [3.63, 3.8) is 0 Å². The zero-order valence-corrected chi connectivity index (χ0v) is 13.9. The van der Waals surface area contributed by atoms with Crippen molar-refractivity contribution in [3.05, 3.63) is 46.2 Å². The van der Waals surface area contributed by atoms with Crippen LogP contribution in [0.15, 0.2) is 35.0 Å². The van der Waals surface area contributed by atoms with Crippen LogP contribution in [0.1, 0.15) is 31.0 Å². The SMILES string of the molecule is COc1ccc(C(C)NC(C)Cc2ccsc2)cc1OC. The second-order valence-corrected chi connectivity index (χ2v) is 6.02. The molecule has 0 aliphatic rings. The summed E-state index contributed by atoms with van der Waals surface area (Å²) in [5.74, 6) is 1.54. The van der Waals surface area contributed by atoms with Gasteiger partial charge < -0.3 is 14.8 Å². The summed E-state index contributed by atoms with van der Waals surface area (Å²) in [4.78, 5) is 0. The molecule has 1 aromatic carbocycles. The summed E-state index contributed by atoms with van der Waals surface area (Å²) in [7, 11) is 3.32. The van der Waals surface area contributed by atoms with Crippen LogP contribution in [0.5, 0.6) is 11.5 Å². The predicted octanol–water partition coefficient (Wildman–Crippen LogP) is 4.05. The van der Waals surface area contributed by atoms with Crippen molar-refractivity contribution in [2.24, 2.45) is 0 Å². The molecule has 2 rings (SSSR count). The molecule has 3 nitrogen and oxygen atoms in total. The highest BCUT2D eigenvalue weighted by atomic mass is 32.1. The van der Waals surface area contributed by atoms with Crippen LogP contribution < -0.4 is 14.8 Å². The lowest BCUT2D eigenvalue weighted by Gasteiger charge is -2.21. The van der Waals surface area contributed by atoms with E-state index in [4.69, 9.17) is 9.47 Å². The van der Waals surface area contributed by atoms with Crippen LogP contribution in [-0.2, 0) is 6.42 Å². The van der Waals surface area contributed by atoms with Gasteiger partial charge in [-0.3, -0.25) is 0 Å². The molecule has 1 heterocycles. The Labute approximate surface area is 130 Å². The molecular formula is C17H23NO2S. The molecule has 1 aromatic heterocycles. The lowest BCUT2D eigenvalue weighted by atomic mass is 10.0. The normalized spacial score (nSPS) is 13.7. The minimum absolute atomic E-state index is 0.262. The van der Waals surface area contributed by atoms with E-state index < -0.39 is 0 Å². The Kier molecular flexibility index (Phi) is 5.65. The summed E-state index contributed by atoms with van der Waals surface area (Å²) >= 11 is 1.75. The molecule has 0 saturated carbocycles. The molecule has 2 aromatic rings. The first-order valence-corrected chi connectivity index (χ1v) is 8.07. The second-order valence-electron chi connectivity index (χ2n) is 5.24. The van der Waals surface area contributed by atoms with Crippen LogP contribution in [0.2, 0.25) is 0 Å². The number of ether oxygens (including phenoxy) is 2. The van der Waals surface area contributed by atoms with E-state index in [0.29, 0.717) is 6.04 Å². The fraction of sp³-hybridized carbons (Fsp3) is 0.412. The van der Waals surface area contributed by atoms with Crippen LogP contribution in [0.4, 0.5) is 0 Å². The van der Waals surface area contributed by atoms with Gasteiger partial charge >= 0.3 is 0 Å². The highest BCUT2D eigenvalue weighted by Crippen LogP contribution is 2.30. The maximum Gasteiger partial charge on any atom is 0.161 e. The van der Waals surface area contributed by atoms with E-state index in [1.807, 2.05) is 12.1 Å². The lowest BCUT2D eigenvalue weighted by molar-refractivity contribution is 0.353. The van der Waals surface area contributed by atoms with E-state index in [9.17, 15) is 0 Å². The fourth-order valence-electron chi connectivity index (χ4n) is 2.47. The number of methoxy groups -OCH3 is 2. The summed E-state index contributed by atoms with van der Waals surface area (Å²) in [5.41, 5.74) is 2.59. The molecule has 0 aliphatic carbocycles. The van der Waals surface area contributed by atoms with Gasteiger partial charge in [-0.1, -0.05) is 6.07 Å². The quantitative estimate of drug-likeness (QED) is 0.837. The van der Waals surface area contributed by atoms with Crippen LogP contribution in [-0.4, -0.2) is 20.3 Å². The molecule has 0 spiro atoms. The van der Waals surface area contributed by atoms with Crippen molar-refractivity contribution < 1.29 is 9.47 Å². The molecule has 2 unspecified atom stereocenters. The van der Waals surface area contributed by atoms with Crippen LogP contribution in [0.25, 0.3) is 0 Å². The van der Waals surface area contributed by atoms with Crippen molar-refractivity contribution >= 4 is 11.3 Å². The topological polar surface area (TPSA) is 30.5 Å². The summed E-state index contributed by atoms with van der Waals surface area (Å²) < 4.78 is 10.6. The maximum atomic E-state index is 5.37. The van der Waals surface area contributed by atoms with Gasteiger partial charge in [-0.25, -0.2) is 0 Å². The molecule has 114 valence electrons. The first-order chi connectivity index (χ1) is 10.1. The van der Waals surface area contributed by atoms with E-state index in [1.54, 1.807) is 25.6 Å². The lowest BCUT2D eigenvalue weighted by Crippen LogP contribution is -2.30. The van der Waals surface area contributed by atoms with Gasteiger partial charge in [0.05, 0.1) is 14.2 Å². The van der Waals surface area contributed by atoms with Gasteiger partial charge in [0.1, 0.15) is 0 Å². The number of hydrogen-bond acceptors (Lipinski definition) is 4. The Morgan fingerprint density at radius 2 is 1.86 bits per heavy atom. The minimum Gasteiger partial charge on any atom is -0.493 e. The fourth-order valence-corrected chi connectivity index (χ4v) is 3.15. The monoisotopic (exact) mass is 305 g/mol. The zero-order chi connectivity index (χ0) is 15.2. The van der Waals surface area contributed by atoms with Crippen LogP contribution in [0, 0.1) is 0 Å². The average molecular weight is 305 g/mol. The molecule has 1 N–H and O–H groups in total. The van der Waals surface area contributed by atoms with E-state index in [1.165, 1.54) is 11.1 Å². The van der Waals surface area contributed by atoms with Gasteiger partial charge in [0.15, 0.2) is 11.5 Å². The van der Waals surface area contributed by atoms with Gasteiger partial charge in [0.2, 0.25) is 0 Å². The molecule has 21 heavy (non-hydrogen) atoms. The maximum absolute atomic E-state index is 5.37. The predicted molar refractivity (Wildman–Crippen MR) is 88.6 cm³/mol. The zero-order valence-electron chi connectivity index (χ0n) is 13.1. The molecule has 0 amide bonds. The van der Waals surface area contributed by atoms with Crippen molar-refractivity contribution in [2.75, 3.05) is 14.2 Å². The Balaban J connectivity index is 2.00. The molecule has 0 bridgehead atoms. The molecule has 2 atom stereocenters. The van der Waals surface area contributed by atoms with Gasteiger partial charge in [-0.2, -0.15) is 11.3 Å². The highest BCUT2D eigenvalue weighted by Gasteiger charge is 2.13. The molecule has 4 heteroatoms. The van der Waals surface area contributed by atoms with Gasteiger partial charge in [0, 0.05) is 12.1 Å². The standard InChI is InChI=1S/C17H23NO2S/c1-12(9-14-7-8-21-11-14)18-13(2)15-5-6-16(19-3)17(10-15)20-4/h5-8,10-13,18H,9H2,1-4H3. The van der Waals surface area contributed by atoms with Crippen molar-refractivity contribution in [1.29, 1.82) is 0 Å². The third-order valence-corrected chi connectivity index (χ3v) is 4.30. The smallest absolute Gasteiger partial charge is 0.161 e. The van der Waals surface area contributed by atoms with Crippen molar-refractivity contribution in [3.8, 4) is 11.5 Å². The number of nitrogens with one attached hydrogen (secondary N) is 1. The molecule has 0 saturated heterocycles. The van der Waals surface area contributed by atoms with E-state index in [-0.39, 0.29) is 6.04 Å². The Bertz CT molecular complexity index is 554. The Hall–Kier alpha value is -1.52. The van der Waals surface area contributed by atoms with Crippen LogP contribution in [0.3, 0.4) is 0 Å². The number of benzene rings is 1. The van der Waals surface area contributed by atoms with Crippen molar-refractivity contribution in [1.82, 2.24) is 5.32 Å². The van der Waals surface area contributed by atoms with Gasteiger partial charge in [-0.15, -0.1) is 0 Å². The first-order valence-electron chi connectivity index (χ1n) is 7.13. The van der Waals surface area contributed by atoms with Crippen molar-refractivity contribution in [2.45, 2.75) is 32.4 Å². The second kappa shape index (κ2) is 7.48. The third-order valence-electron chi connectivity index (χ3n) is 3.56. The Morgan fingerprint density at radius 1 is 1.10 bits per heavy atom. The molecule has 0 radical (unpaired) electrons. The largest absolute Gasteiger partial charge is 0.493 e. The van der Waals surface area contributed by atoms with Gasteiger partial charge in [-0.05, 0) is 60.4 Å². The average Bonchev–Trinajstić information content (AvgIpc) is 2.99. The summed E-state index contributed by atoms with van der Waals surface area (Å²) in [5, 5.41) is 7.96. The van der Waals surface area contributed by atoms with Crippen LogP contribution >= 0.6 is 11.3 Å². The molecule has 0 aliphatic heterocycles. The summed E-state index contributed by atoms with van der Waals surface area (Å²) in [6, 6.07) is 8.94. The number of thiophene rings is 1. The van der Waals surface area contributed by atoms with E-state index in [2.05, 4.69) is 42.1 Å². The number of rotatable bonds is 7. The van der Waals surface area contributed by atoms with Gasteiger partial charge in [0.25, 0.3) is 0 Å². The highest BCUT2D eigenvalue weighted by molar-refractivity contribution is 7.07. The minimum atomic E-state index is 0.262. The summed E-state index contributed by atoms with van der Waals surface area (Å²) in [6.07, 6.45) is 1.04. The Morgan fingerprint density at radius 3 is 2.48 bits per heavy atom.